The molecule has 1 aromatic carbocycles. The zero-order valence-corrected chi connectivity index (χ0v) is 17.8. The molecule has 0 unspecified atom stereocenters. The Labute approximate surface area is 179 Å². The molecule has 0 radical (unpaired) electrons. The van der Waals surface area contributed by atoms with Crippen LogP contribution in [0, 0.1) is 6.92 Å². The molecule has 9 nitrogen and oxygen atoms in total. The van der Waals surface area contributed by atoms with E-state index in [9.17, 15) is 14.4 Å². The van der Waals surface area contributed by atoms with E-state index in [2.05, 4.69) is 25.7 Å². The molecule has 0 aliphatic rings. The molecule has 2 amide bonds. The van der Waals surface area contributed by atoms with E-state index < -0.39 is 11.8 Å². The number of benzene rings is 1. The molecule has 3 N–H and O–H groups in total. The van der Waals surface area contributed by atoms with Gasteiger partial charge in [-0.05, 0) is 31.2 Å². The Morgan fingerprint density at radius 2 is 1.87 bits per heavy atom. The normalized spacial score (nSPS) is 10.8. The molecule has 0 bridgehead atoms. The Hall–Kier alpha value is -3.75. The minimum absolute atomic E-state index is 0.0393. The number of carbonyl (C=O) groups is 2. The molecule has 0 spiro atoms. The van der Waals surface area contributed by atoms with Crippen LogP contribution in [0.4, 0.5) is 5.82 Å². The van der Waals surface area contributed by atoms with Gasteiger partial charge in [-0.1, -0.05) is 44.2 Å². The molecule has 0 aliphatic carbocycles. The SMILES string of the molecule is Cc1cc(NC(=O)C(=O)NCCCc2ccccc2)n(-c2nc(C(C)C)cc(=O)[nH]2)n1. The molecule has 0 saturated carbocycles. The van der Waals surface area contributed by atoms with E-state index in [1.165, 1.54) is 16.3 Å². The van der Waals surface area contributed by atoms with Gasteiger partial charge in [0.05, 0.1) is 11.4 Å². The molecule has 0 saturated heterocycles. The van der Waals surface area contributed by atoms with E-state index >= 15 is 0 Å². The monoisotopic (exact) mass is 422 g/mol. The molecule has 3 aromatic rings. The summed E-state index contributed by atoms with van der Waals surface area (Å²) in [4.78, 5) is 43.6. The summed E-state index contributed by atoms with van der Waals surface area (Å²) in [5.41, 5.74) is 2.04. The van der Waals surface area contributed by atoms with Crippen molar-refractivity contribution in [2.45, 2.75) is 39.5 Å². The fourth-order valence-corrected chi connectivity index (χ4v) is 3.00. The van der Waals surface area contributed by atoms with Crippen LogP contribution in [0.2, 0.25) is 0 Å². The first-order chi connectivity index (χ1) is 14.8. The highest BCUT2D eigenvalue weighted by atomic mass is 16.2. The van der Waals surface area contributed by atoms with Crippen LogP contribution in [-0.4, -0.2) is 38.1 Å². The molecular formula is C22H26N6O3. The average Bonchev–Trinajstić information content (AvgIpc) is 3.11. The van der Waals surface area contributed by atoms with E-state index in [0.717, 1.165) is 6.42 Å². The number of nitrogens with zero attached hydrogens (tertiary/aromatic N) is 3. The highest BCUT2D eigenvalue weighted by molar-refractivity contribution is 6.39. The average molecular weight is 422 g/mol. The first-order valence-corrected chi connectivity index (χ1v) is 10.1. The molecule has 2 heterocycles. The number of carbonyl (C=O) groups excluding carboxylic acids is 2. The fraction of sp³-hybridized carbons (Fsp3) is 0.318. The van der Waals surface area contributed by atoms with E-state index in [1.807, 2.05) is 44.2 Å². The number of amides is 2. The zero-order valence-electron chi connectivity index (χ0n) is 17.8. The third-order valence-corrected chi connectivity index (χ3v) is 4.59. The number of aromatic nitrogens is 4. The maximum atomic E-state index is 12.4. The summed E-state index contributed by atoms with van der Waals surface area (Å²) in [6.07, 6.45) is 1.52. The van der Waals surface area contributed by atoms with Crippen molar-refractivity contribution in [3.63, 3.8) is 0 Å². The summed E-state index contributed by atoms with van der Waals surface area (Å²) in [6, 6.07) is 12.9. The number of aryl methyl sites for hydroxylation is 2. The number of rotatable bonds is 7. The summed E-state index contributed by atoms with van der Waals surface area (Å²) in [5, 5.41) is 9.44. The Kier molecular flexibility index (Phi) is 6.96. The van der Waals surface area contributed by atoms with Crippen LogP contribution < -0.4 is 16.2 Å². The van der Waals surface area contributed by atoms with Crippen LogP contribution in [0.15, 0.2) is 47.3 Å². The maximum Gasteiger partial charge on any atom is 0.314 e. The van der Waals surface area contributed by atoms with E-state index in [4.69, 9.17) is 0 Å². The van der Waals surface area contributed by atoms with Crippen molar-refractivity contribution in [2.24, 2.45) is 0 Å². The van der Waals surface area contributed by atoms with Gasteiger partial charge in [0, 0.05) is 18.7 Å². The van der Waals surface area contributed by atoms with Gasteiger partial charge < -0.3 is 10.6 Å². The number of aromatic amines is 1. The van der Waals surface area contributed by atoms with Crippen molar-refractivity contribution in [2.75, 3.05) is 11.9 Å². The second kappa shape index (κ2) is 9.84. The van der Waals surface area contributed by atoms with Crippen LogP contribution >= 0.6 is 0 Å². The molecule has 162 valence electrons. The number of nitrogens with one attached hydrogen (secondary N) is 3. The molecule has 3 rings (SSSR count). The predicted molar refractivity (Wildman–Crippen MR) is 117 cm³/mol. The van der Waals surface area contributed by atoms with Gasteiger partial charge in [0.25, 0.3) is 5.56 Å². The third-order valence-electron chi connectivity index (χ3n) is 4.59. The Balaban J connectivity index is 1.64. The minimum atomic E-state index is -0.816. The van der Waals surface area contributed by atoms with Crippen molar-refractivity contribution in [1.82, 2.24) is 25.1 Å². The summed E-state index contributed by atoms with van der Waals surface area (Å²) in [5.74, 6) is -1.11. The number of H-pyrrole nitrogens is 1. The molecular weight excluding hydrogens is 396 g/mol. The largest absolute Gasteiger partial charge is 0.348 e. The second-order valence-corrected chi connectivity index (χ2v) is 7.53. The highest BCUT2D eigenvalue weighted by Gasteiger charge is 2.18. The predicted octanol–water partition coefficient (Wildman–Crippen LogP) is 2.07. The summed E-state index contributed by atoms with van der Waals surface area (Å²) in [7, 11) is 0. The smallest absolute Gasteiger partial charge is 0.314 e. The maximum absolute atomic E-state index is 12.4. The standard InChI is InChI=1S/C22H26N6O3/c1-14(2)17-13-19(29)26-22(24-17)28-18(12-15(3)27-28)25-21(31)20(30)23-11-7-10-16-8-5-4-6-9-16/h4-6,8-9,12-14H,7,10-11H2,1-3H3,(H,23,30)(H,25,31)(H,24,26,29). The van der Waals surface area contributed by atoms with Gasteiger partial charge in [-0.3, -0.25) is 19.4 Å². The van der Waals surface area contributed by atoms with Gasteiger partial charge in [0.2, 0.25) is 5.95 Å². The molecule has 0 aliphatic heterocycles. The van der Waals surface area contributed by atoms with Gasteiger partial charge in [-0.15, -0.1) is 0 Å². The third kappa shape index (κ3) is 5.88. The van der Waals surface area contributed by atoms with E-state index in [1.54, 1.807) is 13.0 Å². The quantitative estimate of drug-likeness (QED) is 0.397. The lowest BCUT2D eigenvalue weighted by molar-refractivity contribution is -0.136. The van der Waals surface area contributed by atoms with Gasteiger partial charge in [0.1, 0.15) is 5.82 Å². The molecule has 0 atom stereocenters. The van der Waals surface area contributed by atoms with Crippen LogP contribution in [-0.2, 0) is 16.0 Å². The summed E-state index contributed by atoms with van der Waals surface area (Å²) < 4.78 is 1.31. The lowest BCUT2D eigenvalue weighted by atomic mass is 10.1. The number of hydrogen-bond donors (Lipinski definition) is 3. The number of anilines is 1. The molecule has 2 aromatic heterocycles. The van der Waals surface area contributed by atoms with Crippen molar-refractivity contribution >= 4 is 17.6 Å². The fourth-order valence-electron chi connectivity index (χ4n) is 3.00. The van der Waals surface area contributed by atoms with Gasteiger partial charge in [0.15, 0.2) is 0 Å². The second-order valence-electron chi connectivity index (χ2n) is 7.53. The molecule has 0 fully saturated rings. The Morgan fingerprint density at radius 3 is 2.58 bits per heavy atom. The van der Waals surface area contributed by atoms with Gasteiger partial charge >= 0.3 is 11.8 Å². The highest BCUT2D eigenvalue weighted by Crippen LogP contribution is 2.16. The van der Waals surface area contributed by atoms with E-state index in [0.29, 0.717) is 24.4 Å². The lowest BCUT2D eigenvalue weighted by Crippen LogP contribution is -2.36. The lowest BCUT2D eigenvalue weighted by Gasteiger charge is -2.10. The minimum Gasteiger partial charge on any atom is -0.348 e. The van der Waals surface area contributed by atoms with Gasteiger partial charge in [-0.25, -0.2) is 4.98 Å². The summed E-state index contributed by atoms with van der Waals surface area (Å²) >= 11 is 0. The van der Waals surface area contributed by atoms with E-state index in [-0.39, 0.29) is 23.2 Å². The Morgan fingerprint density at radius 1 is 1.13 bits per heavy atom. The van der Waals surface area contributed by atoms with Crippen molar-refractivity contribution in [3.05, 3.63) is 69.8 Å². The van der Waals surface area contributed by atoms with Crippen molar-refractivity contribution in [1.29, 1.82) is 0 Å². The van der Waals surface area contributed by atoms with Crippen molar-refractivity contribution < 1.29 is 9.59 Å². The summed E-state index contributed by atoms with van der Waals surface area (Å²) in [6.45, 7) is 5.96. The van der Waals surface area contributed by atoms with Gasteiger partial charge in [-0.2, -0.15) is 9.78 Å². The van der Waals surface area contributed by atoms with Crippen LogP contribution in [0.5, 0.6) is 0 Å². The topological polar surface area (TPSA) is 122 Å². The van der Waals surface area contributed by atoms with Crippen LogP contribution in [0.1, 0.15) is 43.1 Å². The Bertz CT molecular complexity index is 1120. The molecule has 9 heteroatoms. The first-order valence-electron chi connectivity index (χ1n) is 10.1. The number of hydrogen-bond acceptors (Lipinski definition) is 5. The van der Waals surface area contributed by atoms with Crippen LogP contribution in [0.25, 0.3) is 5.95 Å². The first kappa shape index (κ1) is 21.9. The zero-order chi connectivity index (χ0) is 22.4. The van der Waals surface area contributed by atoms with Crippen LogP contribution in [0.3, 0.4) is 0 Å². The molecule has 31 heavy (non-hydrogen) atoms. The van der Waals surface area contributed by atoms with Crippen molar-refractivity contribution in [3.8, 4) is 5.95 Å².